The maximum Gasteiger partial charge on any atom is 0.326 e. The second-order valence-corrected chi connectivity index (χ2v) is 8.28. The molecule has 1 fully saturated rings. The first-order valence-electron chi connectivity index (χ1n) is 10.3. The number of thiazole rings is 1. The minimum Gasteiger partial charge on any atom is -0.465 e. The standard InChI is InChI=1S/C22H18N4O7S/c1-2-33-20(29)12-24-16-7-6-15(26(31)32)11-17(16)34-22(24)23-21(30)13-4-3-5-14(10-13)25-18(27)8-9-19(25)28/h3-7,10-11H,2,8-9,12H2,1H3. The van der Waals surface area contributed by atoms with Crippen LogP contribution in [0.1, 0.15) is 30.1 Å². The molecule has 0 bridgehead atoms. The number of carbonyl (C=O) groups excluding carboxylic acids is 4. The van der Waals surface area contributed by atoms with Crippen molar-refractivity contribution < 1.29 is 28.8 Å². The summed E-state index contributed by atoms with van der Waals surface area (Å²) in [5.41, 5.74) is 0.760. The molecule has 2 heterocycles. The van der Waals surface area contributed by atoms with E-state index in [9.17, 15) is 29.3 Å². The van der Waals surface area contributed by atoms with Gasteiger partial charge in [0.15, 0.2) is 4.80 Å². The molecule has 34 heavy (non-hydrogen) atoms. The lowest BCUT2D eigenvalue weighted by Crippen LogP contribution is -2.28. The molecule has 11 nitrogen and oxygen atoms in total. The van der Waals surface area contributed by atoms with E-state index < -0.39 is 16.8 Å². The molecule has 1 saturated heterocycles. The van der Waals surface area contributed by atoms with E-state index in [4.69, 9.17) is 4.74 Å². The summed E-state index contributed by atoms with van der Waals surface area (Å²) >= 11 is 1.01. The Morgan fingerprint density at radius 1 is 1.15 bits per heavy atom. The number of non-ortho nitro benzene ring substituents is 1. The van der Waals surface area contributed by atoms with Gasteiger partial charge in [0.2, 0.25) is 11.8 Å². The maximum atomic E-state index is 13.0. The topological polar surface area (TPSA) is 141 Å². The lowest BCUT2D eigenvalue weighted by Gasteiger charge is -2.14. The van der Waals surface area contributed by atoms with Crippen molar-refractivity contribution in [2.45, 2.75) is 26.3 Å². The van der Waals surface area contributed by atoms with E-state index in [-0.39, 0.29) is 59.5 Å². The zero-order chi connectivity index (χ0) is 24.4. The van der Waals surface area contributed by atoms with Gasteiger partial charge in [0.1, 0.15) is 6.54 Å². The van der Waals surface area contributed by atoms with Crippen LogP contribution in [0.5, 0.6) is 0 Å². The predicted octanol–water partition coefficient (Wildman–Crippen LogP) is 2.57. The van der Waals surface area contributed by atoms with Gasteiger partial charge < -0.3 is 9.30 Å². The molecule has 174 valence electrons. The van der Waals surface area contributed by atoms with Gasteiger partial charge in [-0.1, -0.05) is 17.4 Å². The van der Waals surface area contributed by atoms with Gasteiger partial charge >= 0.3 is 5.97 Å². The molecule has 4 rings (SSSR count). The number of amides is 3. The van der Waals surface area contributed by atoms with E-state index in [1.54, 1.807) is 13.0 Å². The summed E-state index contributed by atoms with van der Waals surface area (Å²) in [4.78, 5) is 65.1. The van der Waals surface area contributed by atoms with Crippen LogP contribution in [0.3, 0.4) is 0 Å². The highest BCUT2D eigenvalue weighted by atomic mass is 32.1. The average molecular weight is 482 g/mol. The number of nitro groups is 1. The minimum absolute atomic E-state index is 0.114. The van der Waals surface area contributed by atoms with Crippen LogP contribution < -0.4 is 9.70 Å². The van der Waals surface area contributed by atoms with Gasteiger partial charge in [-0.2, -0.15) is 4.99 Å². The second-order valence-electron chi connectivity index (χ2n) is 7.28. The molecule has 3 amide bonds. The van der Waals surface area contributed by atoms with E-state index in [1.165, 1.54) is 41.0 Å². The third-order valence-electron chi connectivity index (χ3n) is 5.07. The van der Waals surface area contributed by atoms with Crippen LogP contribution in [0.4, 0.5) is 11.4 Å². The fraction of sp³-hybridized carbons (Fsp3) is 0.227. The number of fused-ring (bicyclic) bond motifs is 1. The Kier molecular flexibility index (Phi) is 6.32. The molecule has 1 aromatic heterocycles. The second kappa shape index (κ2) is 9.35. The van der Waals surface area contributed by atoms with Crippen molar-refractivity contribution in [2.75, 3.05) is 11.5 Å². The summed E-state index contributed by atoms with van der Waals surface area (Å²) in [5.74, 6) is -1.91. The summed E-state index contributed by atoms with van der Waals surface area (Å²) in [5, 5.41) is 11.1. The Hall–Kier alpha value is -4.19. The number of hydrogen-bond donors (Lipinski definition) is 0. The van der Waals surface area contributed by atoms with E-state index in [2.05, 4.69) is 4.99 Å². The third kappa shape index (κ3) is 4.48. The molecule has 1 aliphatic rings. The number of carbonyl (C=O) groups is 4. The lowest BCUT2D eigenvalue weighted by molar-refractivity contribution is -0.384. The van der Waals surface area contributed by atoms with Gasteiger partial charge in [0, 0.05) is 30.5 Å². The van der Waals surface area contributed by atoms with Crippen LogP contribution in [-0.2, 0) is 25.7 Å². The number of ether oxygens (including phenoxy) is 1. The average Bonchev–Trinajstić information content (AvgIpc) is 3.32. The van der Waals surface area contributed by atoms with Crippen molar-refractivity contribution in [3.8, 4) is 0 Å². The molecule has 0 aliphatic carbocycles. The molecule has 0 saturated carbocycles. The summed E-state index contributed by atoms with van der Waals surface area (Å²) in [6, 6.07) is 10.1. The molecule has 3 aromatic rings. The summed E-state index contributed by atoms with van der Waals surface area (Å²) in [6.45, 7) is 1.59. The van der Waals surface area contributed by atoms with Crippen molar-refractivity contribution in [3.63, 3.8) is 0 Å². The molecule has 0 spiro atoms. The number of nitrogens with zero attached hydrogens (tertiary/aromatic N) is 4. The van der Waals surface area contributed by atoms with Crippen LogP contribution >= 0.6 is 11.3 Å². The lowest BCUT2D eigenvalue weighted by atomic mass is 10.2. The van der Waals surface area contributed by atoms with Crippen LogP contribution in [0.2, 0.25) is 0 Å². The largest absolute Gasteiger partial charge is 0.465 e. The molecular formula is C22H18N4O7S. The normalized spacial score (nSPS) is 14.1. The number of anilines is 1. The zero-order valence-corrected chi connectivity index (χ0v) is 18.7. The smallest absolute Gasteiger partial charge is 0.326 e. The van der Waals surface area contributed by atoms with Crippen molar-refractivity contribution in [1.82, 2.24) is 4.57 Å². The number of aromatic nitrogens is 1. The van der Waals surface area contributed by atoms with E-state index in [0.717, 1.165) is 16.2 Å². The SMILES string of the molecule is CCOC(=O)Cn1c(=NC(=O)c2cccc(N3C(=O)CCC3=O)c2)sc2cc([N+](=O)[O-])ccc21. The number of esters is 1. The summed E-state index contributed by atoms with van der Waals surface area (Å²) in [6.07, 6.45) is 0.228. The first kappa shape index (κ1) is 23.0. The Labute approximate surface area is 196 Å². The first-order chi connectivity index (χ1) is 16.3. The van der Waals surface area contributed by atoms with Crippen LogP contribution in [-0.4, -0.2) is 39.8 Å². The minimum atomic E-state index is -0.667. The van der Waals surface area contributed by atoms with E-state index in [1.807, 2.05) is 0 Å². The van der Waals surface area contributed by atoms with Crippen molar-refractivity contribution in [1.29, 1.82) is 0 Å². The van der Waals surface area contributed by atoms with Gasteiger partial charge in [-0.3, -0.25) is 34.2 Å². The fourth-order valence-electron chi connectivity index (χ4n) is 3.54. The molecule has 12 heteroatoms. The van der Waals surface area contributed by atoms with Gasteiger partial charge in [-0.15, -0.1) is 0 Å². The quantitative estimate of drug-likeness (QED) is 0.227. The molecular weight excluding hydrogens is 464 g/mol. The Bertz CT molecular complexity index is 1410. The van der Waals surface area contributed by atoms with Gasteiger partial charge in [-0.25, -0.2) is 0 Å². The van der Waals surface area contributed by atoms with Crippen LogP contribution in [0.15, 0.2) is 47.5 Å². The van der Waals surface area contributed by atoms with Crippen molar-refractivity contribution in [2.24, 2.45) is 4.99 Å². The van der Waals surface area contributed by atoms with Gasteiger partial charge in [-0.05, 0) is 31.2 Å². The number of nitro benzene ring substituents is 1. The Morgan fingerprint density at radius 2 is 1.88 bits per heavy atom. The number of benzene rings is 2. The molecule has 2 aromatic carbocycles. The van der Waals surface area contributed by atoms with E-state index in [0.29, 0.717) is 10.2 Å². The fourth-order valence-corrected chi connectivity index (χ4v) is 4.60. The zero-order valence-electron chi connectivity index (χ0n) is 17.9. The molecule has 1 aliphatic heterocycles. The Morgan fingerprint density at radius 3 is 2.56 bits per heavy atom. The highest BCUT2D eigenvalue weighted by Gasteiger charge is 2.30. The molecule has 0 unspecified atom stereocenters. The highest BCUT2D eigenvalue weighted by molar-refractivity contribution is 7.16. The monoisotopic (exact) mass is 482 g/mol. The van der Waals surface area contributed by atoms with Crippen LogP contribution in [0.25, 0.3) is 10.2 Å². The summed E-state index contributed by atoms with van der Waals surface area (Å²) < 4.78 is 6.92. The third-order valence-corrected chi connectivity index (χ3v) is 6.11. The first-order valence-corrected chi connectivity index (χ1v) is 11.1. The number of imide groups is 1. The summed E-state index contributed by atoms with van der Waals surface area (Å²) in [7, 11) is 0. The number of hydrogen-bond acceptors (Lipinski definition) is 8. The molecule has 0 radical (unpaired) electrons. The highest BCUT2D eigenvalue weighted by Crippen LogP contribution is 2.25. The van der Waals surface area contributed by atoms with Crippen molar-refractivity contribution in [3.05, 3.63) is 62.9 Å². The maximum absolute atomic E-state index is 13.0. The van der Waals surface area contributed by atoms with E-state index >= 15 is 0 Å². The number of rotatable bonds is 6. The van der Waals surface area contributed by atoms with Crippen LogP contribution in [0, 0.1) is 10.1 Å². The Balaban J connectivity index is 1.77. The van der Waals surface area contributed by atoms with Gasteiger partial charge in [0.25, 0.3) is 11.6 Å². The van der Waals surface area contributed by atoms with Gasteiger partial charge in [0.05, 0.1) is 27.4 Å². The molecule has 0 N–H and O–H groups in total. The van der Waals surface area contributed by atoms with Crippen molar-refractivity contribution >= 4 is 56.6 Å². The predicted molar refractivity (Wildman–Crippen MR) is 121 cm³/mol. The molecule has 0 atom stereocenters.